The molecule has 3 rings (SSSR count). The number of H-pyrrole nitrogens is 1. The minimum Gasteiger partial charge on any atom is -0.326 e. The first-order valence-electron chi connectivity index (χ1n) is 6.40. The van der Waals surface area contributed by atoms with Crippen molar-refractivity contribution in [2.75, 3.05) is 5.32 Å². The van der Waals surface area contributed by atoms with Crippen LogP contribution in [0.3, 0.4) is 0 Å². The monoisotopic (exact) mass is 300 g/mol. The molecule has 1 heterocycles. The third kappa shape index (κ3) is 2.74. The van der Waals surface area contributed by atoms with Gasteiger partial charge >= 0.3 is 0 Å². The molecule has 0 aliphatic heterocycles. The average Bonchev–Trinajstić information content (AvgIpc) is 2.95. The number of nitrogens with two attached hydrogens (primary N) is 1. The van der Waals surface area contributed by atoms with E-state index in [0.717, 1.165) is 16.5 Å². The molecular weight excluding hydrogens is 288 g/mol. The molecule has 5 nitrogen and oxygen atoms in total. The van der Waals surface area contributed by atoms with Crippen molar-refractivity contribution in [1.29, 1.82) is 0 Å². The van der Waals surface area contributed by atoms with Crippen molar-refractivity contribution in [1.82, 2.24) is 10.2 Å². The molecule has 0 spiro atoms. The van der Waals surface area contributed by atoms with Crippen molar-refractivity contribution in [3.8, 4) is 0 Å². The molecule has 106 valence electrons. The highest BCUT2D eigenvalue weighted by Crippen LogP contribution is 2.23. The number of aromatic nitrogens is 2. The van der Waals surface area contributed by atoms with Crippen molar-refractivity contribution in [3.05, 3.63) is 58.7 Å². The van der Waals surface area contributed by atoms with Gasteiger partial charge in [-0.05, 0) is 29.8 Å². The van der Waals surface area contributed by atoms with Gasteiger partial charge in [-0.15, -0.1) is 0 Å². The van der Waals surface area contributed by atoms with Crippen LogP contribution in [0, 0.1) is 0 Å². The van der Waals surface area contributed by atoms with Crippen molar-refractivity contribution in [3.63, 3.8) is 0 Å². The summed E-state index contributed by atoms with van der Waals surface area (Å²) in [5.74, 6) is -0.232. The number of hydrogen-bond acceptors (Lipinski definition) is 3. The Bertz CT molecular complexity index is 795. The number of fused-ring (bicyclic) bond motifs is 1. The molecule has 2 aromatic carbocycles. The summed E-state index contributed by atoms with van der Waals surface area (Å²) >= 11 is 6.03. The number of carbonyl (C=O) groups excluding carboxylic acids is 1. The summed E-state index contributed by atoms with van der Waals surface area (Å²) in [6.45, 7) is 0.470. The van der Waals surface area contributed by atoms with Gasteiger partial charge in [-0.25, -0.2) is 0 Å². The van der Waals surface area contributed by atoms with Crippen LogP contribution in [-0.4, -0.2) is 16.1 Å². The molecule has 0 saturated carbocycles. The SMILES string of the molecule is NCc1ccc(NC(=O)c2cc(Cl)cc3[nH]ncc23)cc1. The van der Waals surface area contributed by atoms with E-state index in [4.69, 9.17) is 17.3 Å². The highest BCUT2D eigenvalue weighted by Gasteiger charge is 2.13. The lowest BCUT2D eigenvalue weighted by Crippen LogP contribution is -2.12. The number of nitrogens with one attached hydrogen (secondary N) is 2. The minimum absolute atomic E-state index is 0.232. The number of anilines is 1. The third-order valence-corrected chi connectivity index (χ3v) is 3.43. The van der Waals surface area contributed by atoms with Crippen LogP contribution < -0.4 is 11.1 Å². The molecule has 0 saturated heterocycles. The van der Waals surface area contributed by atoms with Crippen LogP contribution in [0.25, 0.3) is 10.9 Å². The van der Waals surface area contributed by atoms with Gasteiger partial charge in [-0.1, -0.05) is 23.7 Å². The molecular formula is C15H13ClN4O. The summed E-state index contributed by atoms with van der Waals surface area (Å²) in [5, 5.41) is 10.8. The zero-order valence-electron chi connectivity index (χ0n) is 11.1. The van der Waals surface area contributed by atoms with Crippen LogP contribution in [0.5, 0.6) is 0 Å². The van der Waals surface area contributed by atoms with Crippen LogP contribution in [0.4, 0.5) is 5.69 Å². The predicted octanol–water partition coefficient (Wildman–Crippen LogP) is 2.93. The third-order valence-electron chi connectivity index (χ3n) is 3.22. The number of rotatable bonds is 3. The Morgan fingerprint density at radius 3 is 2.76 bits per heavy atom. The molecule has 0 bridgehead atoms. The van der Waals surface area contributed by atoms with Crippen LogP contribution in [0.1, 0.15) is 15.9 Å². The first kappa shape index (κ1) is 13.6. The zero-order chi connectivity index (χ0) is 14.8. The Labute approximate surface area is 126 Å². The van der Waals surface area contributed by atoms with Crippen molar-refractivity contribution in [2.45, 2.75) is 6.54 Å². The molecule has 6 heteroatoms. The molecule has 4 N–H and O–H groups in total. The molecule has 0 unspecified atom stereocenters. The summed E-state index contributed by atoms with van der Waals surface area (Å²) in [4.78, 5) is 12.4. The second-order valence-electron chi connectivity index (χ2n) is 4.64. The lowest BCUT2D eigenvalue weighted by atomic mass is 10.1. The van der Waals surface area contributed by atoms with Gasteiger partial charge in [0.15, 0.2) is 0 Å². The number of hydrogen-bond donors (Lipinski definition) is 3. The highest BCUT2D eigenvalue weighted by atomic mass is 35.5. The zero-order valence-corrected chi connectivity index (χ0v) is 11.8. The average molecular weight is 301 g/mol. The quantitative estimate of drug-likeness (QED) is 0.695. The van der Waals surface area contributed by atoms with E-state index in [1.54, 1.807) is 18.3 Å². The Kier molecular flexibility index (Phi) is 3.60. The maximum absolute atomic E-state index is 12.4. The van der Waals surface area contributed by atoms with Crippen molar-refractivity contribution < 1.29 is 4.79 Å². The molecule has 0 atom stereocenters. The highest BCUT2D eigenvalue weighted by molar-refractivity contribution is 6.32. The number of halogens is 1. The molecule has 1 aromatic heterocycles. The maximum atomic E-state index is 12.4. The normalized spacial score (nSPS) is 10.8. The second-order valence-corrected chi connectivity index (χ2v) is 5.08. The lowest BCUT2D eigenvalue weighted by molar-refractivity contribution is 0.102. The molecule has 0 radical (unpaired) electrons. The number of aromatic amines is 1. The van der Waals surface area contributed by atoms with E-state index in [2.05, 4.69) is 15.5 Å². The Hall–Kier alpha value is -2.37. The fraction of sp³-hybridized carbons (Fsp3) is 0.0667. The molecule has 1 amide bonds. The van der Waals surface area contributed by atoms with Gasteiger partial charge in [-0.2, -0.15) is 5.10 Å². The number of carbonyl (C=O) groups is 1. The van der Waals surface area contributed by atoms with Gasteiger partial charge < -0.3 is 11.1 Å². The fourth-order valence-corrected chi connectivity index (χ4v) is 2.34. The molecule has 0 aliphatic carbocycles. The van der Waals surface area contributed by atoms with E-state index >= 15 is 0 Å². The predicted molar refractivity (Wildman–Crippen MR) is 83.4 cm³/mol. The van der Waals surface area contributed by atoms with Crippen LogP contribution in [-0.2, 0) is 6.54 Å². The minimum atomic E-state index is -0.232. The largest absolute Gasteiger partial charge is 0.326 e. The first-order chi connectivity index (χ1) is 10.2. The molecule has 21 heavy (non-hydrogen) atoms. The summed E-state index contributed by atoms with van der Waals surface area (Å²) in [7, 11) is 0. The summed E-state index contributed by atoms with van der Waals surface area (Å²) < 4.78 is 0. The molecule has 3 aromatic rings. The molecule has 0 fully saturated rings. The number of amides is 1. The lowest BCUT2D eigenvalue weighted by Gasteiger charge is -2.07. The van der Waals surface area contributed by atoms with Crippen LogP contribution >= 0.6 is 11.6 Å². The van der Waals surface area contributed by atoms with Crippen molar-refractivity contribution >= 4 is 34.1 Å². The van der Waals surface area contributed by atoms with E-state index in [1.807, 2.05) is 24.3 Å². The van der Waals surface area contributed by atoms with Crippen LogP contribution in [0.15, 0.2) is 42.6 Å². The van der Waals surface area contributed by atoms with E-state index in [9.17, 15) is 4.79 Å². The Morgan fingerprint density at radius 2 is 2.05 bits per heavy atom. The van der Waals surface area contributed by atoms with Gasteiger partial charge in [0, 0.05) is 22.6 Å². The van der Waals surface area contributed by atoms with E-state index in [0.29, 0.717) is 22.8 Å². The van der Waals surface area contributed by atoms with Gasteiger partial charge in [0.05, 0.1) is 17.3 Å². The fourth-order valence-electron chi connectivity index (χ4n) is 2.13. The van der Waals surface area contributed by atoms with Gasteiger partial charge in [0.1, 0.15) is 0 Å². The number of benzene rings is 2. The summed E-state index contributed by atoms with van der Waals surface area (Å²) in [6.07, 6.45) is 1.61. The van der Waals surface area contributed by atoms with Crippen molar-refractivity contribution in [2.24, 2.45) is 5.73 Å². The van der Waals surface area contributed by atoms with E-state index < -0.39 is 0 Å². The van der Waals surface area contributed by atoms with Crippen LogP contribution in [0.2, 0.25) is 5.02 Å². The topological polar surface area (TPSA) is 83.8 Å². The molecule has 0 aliphatic rings. The summed E-state index contributed by atoms with van der Waals surface area (Å²) in [6, 6.07) is 10.7. The van der Waals surface area contributed by atoms with Gasteiger partial charge in [0.25, 0.3) is 5.91 Å². The smallest absolute Gasteiger partial charge is 0.256 e. The summed E-state index contributed by atoms with van der Waals surface area (Å²) in [5.41, 5.74) is 8.47. The van der Waals surface area contributed by atoms with Gasteiger partial charge in [0.2, 0.25) is 0 Å². The van der Waals surface area contributed by atoms with E-state index in [1.165, 1.54) is 0 Å². The first-order valence-corrected chi connectivity index (χ1v) is 6.78. The maximum Gasteiger partial charge on any atom is 0.256 e. The Morgan fingerprint density at radius 1 is 1.29 bits per heavy atom. The van der Waals surface area contributed by atoms with E-state index in [-0.39, 0.29) is 5.91 Å². The van der Waals surface area contributed by atoms with Gasteiger partial charge in [-0.3, -0.25) is 9.89 Å². The standard InChI is InChI=1S/C15H13ClN4O/c16-10-5-12(13-8-18-20-14(13)6-10)15(21)19-11-3-1-9(7-17)2-4-11/h1-6,8H,7,17H2,(H,18,20)(H,19,21). The second kappa shape index (κ2) is 5.55. The number of nitrogens with zero attached hydrogens (tertiary/aromatic N) is 1. The Balaban J connectivity index is 1.91.